The quantitative estimate of drug-likeness (QED) is 0.593. The molecule has 28 heavy (non-hydrogen) atoms. The summed E-state index contributed by atoms with van der Waals surface area (Å²) in [5, 5.41) is 0.703. The van der Waals surface area contributed by atoms with Crippen molar-refractivity contribution in [1.29, 1.82) is 0 Å². The van der Waals surface area contributed by atoms with Gasteiger partial charge < -0.3 is 4.74 Å². The highest BCUT2D eigenvalue weighted by Gasteiger charge is 2.41. The molecule has 3 aromatic rings. The maximum atomic E-state index is 6.40. The van der Waals surface area contributed by atoms with E-state index in [2.05, 4.69) is 32.9 Å². The lowest BCUT2D eigenvalue weighted by molar-refractivity contribution is 0.297. The molecule has 0 N–H and O–H groups in total. The van der Waals surface area contributed by atoms with Crippen molar-refractivity contribution in [2.45, 2.75) is 38.0 Å². The molecule has 0 radical (unpaired) electrons. The second-order valence-corrected chi connectivity index (χ2v) is 8.11. The van der Waals surface area contributed by atoms with Gasteiger partial charge in [0.25, 0.3) is 0 Å². The lowest BCUT2D eigenvalue weighted by Gasteiger charge is -2.14. The van der Waals surface area contributed by atoms with Crippen LogP contribution >= 0.6 is 11.6 Å². The third kappa shape index (κ3) is 3.47. The maximum Gasteiger partial charge on any atom is 0.197 e. The summed E-state index contributed by atoms with van der Waals surface area (Å²) in [5.41, 5.74) is 3.63. The average molecular weight is 393 g/mol. The summed E-state index contributed by atoms with van der Waals surface area (Å²) >= 11 is 6.40. The van der Waals surface area contributed by atoms with E-state index in [0.717, 1.165) is 29.9 Å². The summed E-state index contributed by atoms with van der Waals surface area (Å²) in [7, 11) is 0. The SMILES string of the molecule is Cc1c(C2CC2c2cnc(-c3ncccn3)nc2)ccc(Cl)c1OCC1CC1. The maximum absolute atomic E-state index is 6.40. The molecule has 2 fully saturated rings. The molecule has 2 unspecified atom stereocenters. The fourth-order valence-electron chi connectivity index (χ4n) is 3.71. The smallest absolute Gasteiger partial charge is 0.197 e. The summed E-state index contributed by atoms with van der Waals surface area (Å²) in [4.78, 5) is 17.3. The zero-order valence-electron chi connectivity index (χ0n) is 15.7. The van der Waals surface area contributed by atoms with Crippen LogP contribution in [0.15, 0.2) is 43.0 Å². The van der Waals surface area contributed by atoms with Crippen LogP contribution in [0, 0.1) is 12.8 Å². The van der Waals surface area contributed by atoms with Crippen LogP contribution in [-0.2, 0) is 0 Å². The van der Waals surface area contributed by atoms with Crippen molar-refractivity contribution in [2.75, 3.05) is 6.61 Å². The molecule has 2 aliphatic carbocycles. The monoisotopic (exact) mass is 392 g/mol. The molecule has 142 valence electrons. The molecule has 6 heteroatoms. The molecule has 0 aliphatic heterocycles. The van der Waals surface area contributed by atoms with Gasteiger partial charge in [0.2, 0.25) is 0 Å². The Labute approximate surface area is 169 Å². The Morgan fingerprint density at radius 1 is 1.00 bits per heavy atom. The van der Waals surface area contributed by atoms with Crippen molar-refractivity contribution in [2.24, 2.45) is 5.92 Å². The minimum absolute atomic E-state index is 0.432. The molecule has 2 atom stereocenters. The van der Waals surface area contributed by atoms with E-state index in [0.29, 0.717) is 34.4 Å². The van der Waals surface area contributed by atoms with Gasteiger partial charge in [-0.2, -0.15) is 0 Å². The van der Waals surface area contributed by atoms with Gasteiger partial charge in [0.1, 0.15) is 5.75 Å². The van der Waals surface area contributed by atoms with Crippen LogP contribution in [0.5, 0.6) is 5.75 Å². The van der Waals surface area contributed by atoms with Crippen molar-refractivity contribution in [3.63, 3.8) is 0 Å². The molecule has 0 amide bonds. The first-order chi connectivity index (χ1) is 13.7. The van der Waals surface area contributed by atoms with Gasteiger partial charge >= 0.3 is 0 Å². The number of rotatable bonds is 6. The van der Waals surface area contributed by atoms with Crippen molar-refractivity contribution in [1.82, 2.24) is 19.9 Å². The number of aromatic nitrogens is 4. The predicted molar refractivity (Wildman–Crippen MR) is 108 cm³/mol. The average Bonchev–Trinajstić information content (AvgIpc) is 3.64. The fourth-order valence-corrected chi connectivity index (χ4v) is 3.96. The van der Waals surface area contributed by atoms with E-state index in [-0.39, 0.29) is 0 Å². The first-order valence-electron chi connectivity index (χ1n) is 9.72. The third-order valence-corrected chi connectivity index (χ3v) is 5.91. The summed E-state index contributed by atoms with van der Waals surface area (Å²) in [6.45, 7) is 2.89. The lowest BCUT2D eigenvalue weighted by Crippen LogP contribution is -2.03. The van der Waals surface area contributed by atoms with E-state index in [1.54, 1.807) is 18.5 Å². The van der Waals surface area contributed by atoms with E-state index in [9.17, 15) is 0 Å². The van der Waals surface area contributed by atoms with Crippen LogP contribution in [0.25, 0.3) is 11.6 Å². The van der Waals surface area contributed by atoms with Gasteiger partial charge in [0.05, 0.1) is 11.6 Å². The second kappa shape index (κ2) is 7.13. The van der Waals surface area contributed by atoms with Gasteiger partial charge in [-0.3, -0.25) is 0 Å². The van der Waals surface area contributed by atoms with Crippen LogP contribution < -0.4 is 4.74 Å². The van der Waals surface area contributed by atoms with Gasteiger partial charge in [-0.1, -0.05) is 17.7 Å². The number of ether oxygens (including phenoxy) is 1. The predicted octanol–water partition coefficient (Wildman–Crippen LogP) is 4.96. The van der Waals surface area contributed by atoms with Crippen molar-refractivity contribution in [3.05, 3.63) is 64.7 Å². The van der Waals surface area contributed by atoms with Crippen LogP contribution in [0.4, 0.5) is 0 Å². The Morgan fingerprint density at radius 3 is 2.43 bits per heavy atom. The highest BCUT2D eigenvalue weighted by atomic mass is 35.5. The molecular weight excluding hydrogens is 372 g/mol. The number of hydrogen-bond donors (Lipinski definition) is 0. The van der Waals surface area contributed by atoms with Crippen molar-refractivity contribution in [3.8, 4) is 17.4 Å². The zero-order valence-corrected chi connectivity index (χ0v) is 16.4. The number of nitrogens with zero attached hydrogens (tertiary/aromatic N) is 4. The Balaban J connectivity index is 1.33. The highest BCUT2D eigenvalue weighted by molar-refractivity contribution is 6.32. The molecule has 0 saturated heterocycles. The third-order valence-electron chi connectivity index (χ3n) is 5.62. The molecule has 2 aromatic heterocycles. The van der Waals surface area contributed by atoms with Crippen molar-refractivity contribution >= 4 is 11.6 Å². The second-order valence-electron chi connectivity index (χ2n) is 7.71. The summed E-state index contributed by atoms with van der Waals surface area (Å²) in [6, 6.07) is 5.89. The lowest BCUT2D eigenvalue weighted by atomic mass is 10.0. The summed E-state index contributed by atoms with van der Waals surface area (Å²) in [5.74, 6) is 3.55. The largest absolute Gasteiger partial charge is 0.491 e. The molecule has 0 spiro atoms. The number of benzene rings is 1. The fraction of sp³-hybridized carbons (Fsp3) is 0.364. The first-order valence-corrected chi connectivity index (χ1v) is 10.1. The Kier molecular flexibility index (Phi) is 4.47. The number of halogens is 1. The van der Waals surface area contributed by atoms with Gasteiger partial charge in [-0.05, 0) is 72.8 Å². The molecule has 2 aliphatic rings. The van der Waals surface area contributed by atoms with Crippen LogP contribution in [-0.4, -0.2) is 26.5 Å². The van der Waals surface area contributed by atoms with Gasteiger partial charge in [0, 0.05) is 24.8 Å². The van der Waals surface area contributed by atoms with E-state index >= 15 is 0 Å². The molecule has 2 saturated carbocycles. The zero-order chi connectivity index (χ0) is 19.1. The van der Waals surface area contributed by atoms with Crippen molar-refractivity contribution < 1.29 is 4.74 Å². The normalized spacial score (nSPS) is 20.8. The van der Waals surface area contributed by atoms with Crippen LogP contribution in [0.2, 0.25) is 5.02 Å². The summed E-state index contributed by atoms with van der Waals surface area (Å²) in [6.07, 6.45) is 10.8. The highest BCUT2D eigenvalue weighted by Crippen LogP contribution is 2.56. The molecular formula is C22H21ClN4O. The minimum atomic E-state index is 0.432. The van der Waals surface area contributed by atoms with Gasteiger partial charge in [-0.25, -0.2) is 19.9 Å². The van der Waals surface area contributed by atoms with Gasteiger partial charge in [-0.15, -0.1) is 0 Å². The molecule has 1 aromatic carbocycles. The Hall–Kier alpha value is -2.53. The van der Waals surface area contributed by atoms with Gasteiger partial charge in [0.15, 0.2) is 11.6 Å². The van der Waals surface area contributed by atoms with E-state index in [4.69, 9.17) is 16.3 Å². The standard InChI is InChI=1S/C22H21ClN4O/c1-13-16(5-6-19(23)20(13)28-12-14-3-4-14)18-9-17(18)15-10-26-22(27-11-15)21-24-7-2-8-25-21/h2,5-8,10-11,14,17-18H,3-4,9,12H2,1H3. The Bertz CT molecular complexity index is 989. The molecule has 5 rings (SSSR count). The minimum Gasteiger partial charge on any atom is -0.491 e. The topological polar surface area (TPSA) is 60.8 Å². The Morgan fingerprint density at radius 2 is 1.71 bits per heavy atom. The molecule has 5 nitrogen and oxygen atoms in total. The number of hydrogen-bond acceptors (Lipinski definition) is 5. The molecule has 0 bridgehead atoms. The van der Waals surface area contributed by atoms with Crippen LogP contribution in [0.1, 0.15) is 47.8 Å². The van der Waals surface area contributed by atoms with E-state index in [1.165, 1.54) is 18.4 Å². The summed E-state index contributed by atoms with van der Waals surface area (Å²) < 4.78 is 6.05. The van der Waals surface area contributed by atoms with Crippen LogP contribution in [0.3, 0.4) is 0 Å². The van der Waals surface area contributed by atoms with E-state index < -0.39 is 0 Å². The van der Waals surface area contributed by atoms with E-state index in [1.807, 2.05) is 18.5 Å². The molecule has 2 heterocycles. The first kappa shape index (κ1) is 17.6.